The van der Waals surface area contributed by atoms with Crippen LogP contribution in [-0.2, 0) is 20.2 Å². The van der Waals surface area contributed by atoms with Crippen LogP contribution in [0.5, 0.6) is 5.75 Å². The Labute approximate surface area is 135 Å². The van der Waals surface area contributed by atoms with Crippen molar-refractivity contribution >= 4 is 14.5 Å². The lowest BCUT2D eigenvalue weighted by atomic mass is 10.1. The zero-order chi connectivity index (χ0) is 16.0. The Balaban J connectivity index is 2.01. The number of rotatable bonds is 8. The Hall–Kier alpha value is -0.883. The van der Waals surface area contributed by atoms with E-state index < -0.39 is 15.1 Å². The first-order valence-corrected chi connectivity index (χ1v) is 9.65. The van der Waals surface area contributed by atoms with E-state index in [-0.39, 0.29) is 0 Å². The van der Waals surface area contributed by atoms with Gasteiger partial charge in [0.15, 0.2) is 0 Å². The van der Waals surface area contributed by atoms with Crippen molar-refractivity contribution in [3.05, 3.63) is 23.8 Å². The normalized spacial score (nSPS) is 20.8. The molecule has 0 saturated carbocycles. The third kappa shape index (κ3) is 4.32. The molecule has 0 N–H and O–H groups in total. The number of unbranched alkanes of at least 4 members (excludes halogenated alkanes) is 3. The van der Waals surface area contributed by atoms with E-state index in [2.05, 4.69) is 13.0 Å². The molecule has 1 aliphatic rings. The molecule has 1 atom stereocenters. The van der Waals surface area contributed by atoms with Gasteiger partial charge >= 0.3 is 9.28 Å². The minimum atomic E-state index is -1.77. The minimum absolute atomic E-state index is 0.498. The lowest BCUT2D eigenvalue weighted by molar-refractivity contribution is -0.198. The SMILES string of the molecule is CCCCCCC1(C)OCc2cc([SiH](OC)OC)ccc2O1. The third-order valence-electron chi connectivity index (χ3n) is 4.13. The van der Waals surface area contributed by atoms with E-state index in [1.165, 1.54) is 19.3 Å². The number of hydrogen-bond acceptors (Lipinski definition) is 4. The first-order chi connectivity index (χ1) is 10.6. The second-order valence-electron chi connectivity index (χ2n) is 6.01. The topological polar surface area (TPSA) is 36.9 Å². The highest BCUT2D eigenvalue weighted by atomic mass is 28.3. The van der Waals surface area contributed by atoms with Crippen molar-refractivity contribution in [1.82, 2.24) is 0 Å². The Morgan fingerprint density at radius 1 is 1.18 bits per heavy atom. The summed E-state index contributed by atoms with van der Waals surface area (Å²) in [6, 6.07) is 6.16. The number of benzene rings is 1. The highest BCUT2D eigenvalue weighted by Gasteiger charge is 2.32. The summed E-state index contributed by atoms with van der Waals surface area (Å²) in [5.41, 5.74) is 1.08. The second-order valence-corrected chi connectivity index (χ2v) is 8.28. The molecule has 1 heterocycles. The van der Waals surface area contributed by atoms with Gasteiger partial charge in [-0.05, 0) is 23.7 Å². The van der Waals surface area contributed by atoms with Gasteiger partial charge in [-0.15, -0.1) is 0 Å². The maximum atomic E-state index is 6.11. The van der Waals surface area contributed by atoms with Crippen LogP contribution < -0.4 is 9.92 Å². The van der Waals surface area contributed by atoms with Crippen LogP contribution in [0, 0.1) is 0 Å². The molecule has 1 aliphatic heterocycles. The summed E-state index contributed by atoms with van der Waals surface area (Å²) >= 11 is 0. The molecule has 1 aromatic carbocycles. The van der Waals surface area contributed by atoms with Gasteiger partial charge < -0.3 is 18.3 Å². The summed E-state index contributed by atoms with van der Waals surface area (Å²) in [6.07, 6.45) is 5.82. The van der Waals surface area contributed by atoms with E-state index >= 15 is 0 Å². The van der Waals surface area contributed by atoms with Crippen LogP contribution in [0.1, 0.15) is 51.5 Å². The van der Waals surface area contributed by atoms with Gasteiger partial charge in [0.2, 0.25) is 5.79 Å². The quantitative estimate of drug-likeness (QED) is 0.544. The fourth-order valence-corrected chi connectivity index (χ4v) is 4.14. The van der Waals surface area contributed by atoms with Gasteiger partial charge in [-0.1, -0.05) is 32.3 Å². The molecule has 0 amide bonds. The minimum Gasteiger partial charge on any atom is -0.462 e. The van der Waals surface area contributed by atoms with Gasteiger partial charge in [0.1, 0.15) is 5.75 Å². The molecule has 22 heavy (non-hydrogen) atoms. The molecule has 0 aliphatic carbocycles. The first-order valence-electron chi connectivity index (χ1n) is 8.13. The molecule has 0 aromatic heterocycles. The van der Waals surface area contributed by atoms with E-state index in [9.17, 15) is 0 Å². The Bertz CT molecular complexity index is 476. The standard InChI is InChI=1S/C17H28O4Si/c1-5-6-7-8-11-17(2)20-13-14-12-15(22(18-3)19-4)9-10-16(14)21-17/h9-10,12,22H,5-8,11,13H2,1-4H3. The molecule has 1 aromatic rings. The van der Waals surface area contributed by atoms with E-state index in [0.717, 1.165) is 29.3 Å². The Morgan fingerprint density at radius 3 is 2.64 bits per heavy atom. The predicted molar refractivity (Wildman–Crippen MR) is 89.8 cm³/mol. The van der Waals surface area contributed by atoms with Crippen LogP contribution in [0.4, 0.5) is 0 Å². The van der Waals surface area contributed by atoms with Gasteiger partial charge in [0.05, 0.1) is 6.61 Å². The van der Waals surface area contributed by atoms with Gasteiger partial charge in [0.25, 0.3) is 0 Å². The van der Waals surface area contributed by atoms with Crippen molar-refractivity contribution in [3.8, 4) is 5.75 Å². The molecule has 5 heteroatoms. The molecule has 0 fully saturated rings. The first kappa shape index (κ1) is 17.5. The zero-order valence-electron chi connectivity index (χ0n) is 14.2. The lowest BCUT2D eigenvalue weighted by Crippen LogP contribution is -2.40. The van der Waals surface area contributed by atoms with Crippen LogP contribution in [0.15, 0.2) is 18.2 Å². The number of ether oxygens (including phenoxy) is 2. The molecular weight excluding hydrogens is 296 g/mol. The molecule has 1 unspecified atom stereocenters. The van der Waals surface area contributed by atoms with Gasteiger partial charge in [-0.3, -0.25) is 0 Å². The summed E-state index contributed by atoms with van der Waals surface area (Å²) in [6.45, 7) is 4.85. The predicted octanol–water partition coefficient (Wildman–Crippen LogP) is 3.00. The van der Waals surface area contributed by atoms with E-state index in [1.54, 1.807) is 14.2 Å². The van der Waals surface area contributed by atoms with Gasteiger partial charge in [-0.25, -0.2) is 0 Å². The van der Waals surface area contributed by atoms with Crippen molar-refractivity contribution in [2.45, 2.75) is 58.3 Å². The monoisotopic (exact) mass is 324 g/mol. The summed E-state index contributed by atoms with van der Waals surface area (Å²) in [4.78, 5) is 0. The summed E-state index contributed by atoms with van der Waals surface area (Å²) in [5.74, 6) is 0.426. The number of fused-ring (bicyclic) bond motifs is 1. The molecule has 4 nitrogen and oxygen atoms in total. The largest absolute Gasteiger partial charge is 0.462 e. The Morgan fingerprint density at radius 2 is 1.95 bits per heavy atom. The molecule has 0 spiro atoms. The molecule has 124 valence electrons. The molecule has 0 bridgehead atoms. The highest BCUT2D eigenvalue weighted by molar-refractivity contribution is 6.61. The fraction of sp³-hybridized carbons (Fsp3) is 0.647. The fourth-order valence-electron chi connectivity index (χ4n) is 2.82. The smallest absolute Gasteiger partial charge is 0.355 e. The van der Waals surface area contributed by atoms with Gasteiger partial charge in [-0.2, -0.15) is 0 Å². The van der Waals surface area contributed by atoms with Crippen molar-refractivity contribution in [2.24, 2.45) is 0 Å². The van der Waals surface area contributed by atoms with Crippen molar-refractivity contribution in [2.75, 3.05) is 14.2 Å². The summed E-state index contributed by atoms with van der Waals surface area (Å²) in [5, 5.41) is 1.11. The van der Waals surface area contributed by atoms with Crippen LogP contribution in [0.25, 0.3) is 0 Å². The molecule has 0 radical (unpaired) electrons. The zero-order valence-corrected chi connectivity index (χ0v) is 15.3. The lowest BCUT2D eigenvalue weighted by Gasteiger charge is -2.36. The highest BCUT2D eigenvalue weighted by Crippen LogP contribution is 2.33. The van der Waals surface area contributed by atoms with E-state index in [0.29, 0.717) is 6.61 Å². The average Bonchev–Trinajstić information content (AvgIpc) is 2.53. The summed E-state index contributed by atoms with van der Waals surface area (Å²) < 4.78 is 23.0. The van der Waals surface area contributed by atoms with Crippen LogP contribution in [-0.4, -0.2) is 29.3 Å². The van der Waals surface area contributed by atoms with E-state index in [4.69, 9.17) is 18.3 Å². The van der Waals surface area contributed by atoms with Crippen LogP contribution in [0.2, 0.25) is 0 Å². The van der Waals surface area contributed by atoms with Crippen LogP contribution in [0.3, 0.4) is 0 Å². The maximum Gasteiger partial charge on any atom is 0.355 e. The van der Waals surface area contributed by atoms with Gasteiger partial charge in [0, 0.05) is 33.1 Å². The van der Waals surface area contributed by atoms with Crippen LogP contribution >= 0.6 is 0 Å². The number of hydrogen-bond donors (Lipinski definition) is 0. The maximum absolute atomic E-state index is 6.11. The van der Waals surface area contributed by atoms with Crippen molar-refractivity contribution in [3.63, 3.8) is 0 Å². The van der Waals surface area contributed by atoms with Crippen molar-refractivity contribution < 1.29 is 18.3 Å². The third-order valence-corrected chi connectivity index (χ3v) is 5.89. The van der Waals surface area contributed by atoms with Crippen molar-refractivity contribution in [1.29, 1.82) is 0 Å². The second kappa shape index (κ2) is 8.11. The molecule has 0 saturated heterocycles. The average molecular weight is 324 g/mol. The Kier molecular flexibility index (Phi) is 6.44. The summed E-state index contributed by atoms with van der Waals surface area (Å²) in [7, 11) is 1.62. The van der Waals surface area contributed by atoms with E-state index in [1.807, 2.05) is 19.1 Å². The molecular formula is C17H28O4Si. The molecule has 2 rings (SSSR count).